The third-order valence-electron chi connectivity index (χ3n) is 2.73. The lowest BCUT2D eigenvalue weighted by molar-refractivity contribution is -0.138. The van der Waals surface area contributed by atoms with Crippen LogP contribution in [-0.4, -0.2) is 52.2 Å². The van der Waals surface area contributed by atoms with E-state index in [2.05, 4.69) is 4.72 Å². The van der Waals surface area contributed by atoms with Gasteiger partial charge in [-0.2, -0.15) is 0 Å². The molecule has 0 aliphatic carbocycles. The Hall–Kier alpha value is -1.45. The van der Waals surface area contributed by atoms with Gasteiger partial charge in [-0.1, -0.05) is 30.3 Å². The van der Waals surface area contributed by atoms with Crippen LogP contribution in [0.4, 0.5) is 0 Å². The summed E-state index contributed by atoms with van der Waals surface area (Å²) in [6.07, 6.45) is 0.937. The molecule has 0 amide bonds. The first-order valence-electron chi connectivity index (χ1n) is 6.03. The Balaban J connectivity index is 2.72. The second kappa shape index (κ2) is 7.01. The normalized spacial score (nSPS) is 13.8. The van der Waals surface area contributed by atoms with Gasteiger partial charge in [0.25, 0.3) is 0 Å². The van der Waals surface area contributed by atoms with E-state index in [9.17, 15) is 21.6 Å². The molecule has 0 heterocycles. The molecule has 1 rings (SSSR count). The summed E-state index contributed by atoms with van der Waals surface area (Å²) in [6, 6.07) is 8.21. The average molecular weight is 335 g/mol. The Morgan fingerprint density at radius 3 is 2.19 bits per heavy atom. The Morgan fingerprint density at radius 2 is 1.71 bits per heavy atom. The number of rotatable bonds is 8. The number of nitrogens with one attached hydrogen (secondary N) is 1. The SMILES string of the molecule is CS(=O)(=O)CCS(=O)(=O)NCC(C(=O)O)c1ccccc1. The Labute approximate surface area is 124 Å². The summed E-state index contributed by atoms with van der Waals surface area (Å²) in [7, 11) is -7.24. The number of aliphatic carboxylic acids is 1. The third kappa shape index (κ3) is 6.69. The second-order valence-electron chi connectivity index (χ2n) is 4.60. The highest BCUT2D eigenvalue weighted by atomic mass is 32.2. The van der Waals surface area contributed by atoms with Crippen molar-refractivity contribution in [2.45, 2.75) is 5.92 Å². The summed E-state index contributed by atoms with van der Waals surface area (Å²) in [6.45, 7) is -0.328. The zero-order valence-electron chi connectivity index (χ0n) is 11.4. The maximum Gasteiger partial charge on any atom is 0.312 e. The van der Waals surface area contributed by atoms with Crippen molar-refractivity contribution in [3.05, 3.63) is 35.9 Å². The van der Waals surface area contributed by atoms with Gasteiger partial charge in [0.2, 0.25) is 10.0 Å². The molecule has 118 valence electrons. The van der Waals surface area contributed by atoms with E-state index < -0.39 is 43.3 Å². The molecular weight excluding hydrogens is 318 g/mol. The van der Waals surface area contributed by atoms with E-state index in [0.29, 0.717) is 5.56 Å². The van der Waals surface area contributed by atoms with Crippen LogP contribution in [0.3, 0.4) is 0 Å². The van der Waals surface area contributed by atoms with Crippen LogP contribution in [-0.2, 0) is 24.7 Å². The maximum atomic E-state index is 11.7. The van der Waals surface area contributed by atoms with E-state index in [0.717, 1.165) is 6.26 Å². The molecule has 0 aliphatic rings. The van der Waals surface area contributed by atoms with E-state index >= 15 is 0 Å². The molecule has 1 aromatic carbocycles. The number of sulfonamides is 1. The number of hydrogen-bond acceptors (Lipinski definition) is 5. The van der Waals surface area contributed by atoms with Crippen molar-refractivity contribution >= 4 is 25.8 Å². The standard InChI is InChI=1S/C12H17NO6S2/c1-20(16,17)7-8-21(18,19)13-9-11(12(14)15)10-5-3-2-4-6-10/h2-6,11,13H,7-9H2,1H3,(H,14,15). The quantitative estimate of drug-likeness (QED) is 0.680. The van der Waals surface area contributed by atoms with Crippen LogP contribution in [0.15, 0.2) is 30.3 Å². The Bertz CT molecular complexity index is 682. The van der Waals surface area contributed by atoms with Gasteiger partial charge in [-0.25, -0.2) is 21.6 Å². The van der Waals surface area contributed by atoms with Crippen molar-refractivity contribution in [1.29, 1.82) is 0 Å². The molecule has 0 fully saturated rings. The molecular formula is C12H17NO6S2. The highest BCUT2D eigenvalue weighted by Crippen LogP contribution is 2.15. The fourth-order valence-corrected chi connectivity index (χ4v) is 4.23. The lowest BCUT2D eigenvalue weighted by Gasteiger charge is -2.13. The fraction of sp³-hybridized carbons (Fsp3) is 0.417. The molecule has 1 aromatic rings. The van der Waals surface area contributed by atoms with Crippen molar-refractivity contribution < 1.29 is 26.7 Å². The number of sulfone groups is 1. The van der Waals surface area contributed by atoms with Crippen LogP contribution in [0.5, 0.6) is 0 Å². The first kappa shape index (κ1) is 17.6. The number of benzene rings is 1. The summed E-state index contributed by atoms with van der Waals surface area (Å²) < 4.78 is 47.4. The molecule has 1 unspecified atom stereocenters. The molecule has 2 N–H and O–H groups in total. The summed E-state index contributed by atoms with van der Waals surface area (Å²) in [5.41, 5.74) is 0.468. The maximum absolute atomic E-state index is 11.7. The molecule has 0 spiro atoms. The van der Waals surface area contributed by atoms with Crippen LogP contribution in [0, 0.1) is 0 Å². The molecule has 0 bridgehead atoms. The lowest BCUT2D eigenvalue weighted by Crippen LogP contribution is -2.34. The number of hydrogen-bond donors (Lipinski definition) is 2. The monoisotopic (exact) mass is 335 g/mol. The minimum atomic E-state index is -3.84. The number of carboxylic acids is 1. The van der Waals surface area contributed by atoms with E-state index in [1.807, 2.05) is 0 Å². The van der Waals surface area contributed by atoms with Crippen LogP contribution in [0.2, 0.25) is 0 Å². The van der Waals surface area contributed by atoms with Gasteiger partial charge in [0.1, 0.15) is 9.84 Å². The second-order valence-corrected chi connectivity index (χ2v) is 8.78. The zero-order valence-corrected chi connectivity index (χ0v) is 13.0. The van der Waals surface area contributed by atoms with Crippen LogP contribution in [0.25, 0.3) is 0 Å². The van der Waals surface area contributed by atoms with Crippen molar-refractivity contribution in [2.75, 3.05) is 24.3 Å². The summed E-state index contributed by atoms with van der Waals surface area (Å²) in [4.78, 5) is 11.2. The minimum Gasteiger partial charge on any atom is -0.481 e. The summed E-state index contributed by atoms with van der Waals surface area (Å²) >= 11 is 0. The molecule has 0 aromatic heterocycles. The number of carbonyl (C=O) groups is 1. The van der Waals surface area contributed by atoms with E-state index in [1.54, 1.807) is 30.3 Å². The topological polar surface area (TPSA) is 118 Å². The predicted molar refractivity (Wildman–Crippen MR) is 78.3 cm³/mol. The van der Waals surface area contributed by atoms with E-state index in [4.69, 9.17) is 5.11 Å². The van der Waals surface area contributed by atoms with Gasteiger partial charge in [0, 0.05) is 12.8 Å². The van der Waals surface area contributed by atoms with Gasteiger partial charge in [-0.05, 0) is 5.56 Å². The predicted octanol–water partition coefficient (Wildman–Crippen LogP) is -0.181. The molecule has 0 saturated heterocycles. The summed E-state index contributed by atoms with van der Waals surface area (Å²) in [5, 5.41) is 9.15. The highest BCUT2D eigenvalue weighted by Gasteiger charge is 2.22. The first-order valence-corrected chi connectivity index (χ1v) is 9.75. The molecule has 0 radical (unpaired) electrons. The molecule has 9 heteroatoms. The van der Waals surface area contributed by atoms with Crippen molar-refractivity contribution in [3.63, 3.8) is 0 Å². The third-order valence-corrected chi connectivity index (χ3v) is 5.28. The Morgan fingerprint density at radius 1 is 1.14 bits per heavy atom. The van der Waals surface area contributed by atoms with Crippen molar-refractivity contribution in [2.24, 2.45) is 0 Å². The summed E-state index contributed by atoms with van der Waals surface area (Å²) in [5.74, 6) is -3.29. The largest absolute Gasteiger partial charge is 0.481 e. The van der Waals surface area contributed by atoms with Gasteiger partial charge in [-0.15, -0.1) is 0 Å². The van der Waals surface area contributed by atoms with Gasteiger partial charge < -0.3 is 5.11 Å². The molecule has 7 nitrogen and oxygen atoms in total. The molecule has 0 aliphatic heterocycles. The van der Waals surface area contributed by atoms with Crippen molar-refractivity contribution in [3.8, 4) is 0 Å². The van der Waals surface area contributed by atoms with Crippen LogP contribution >= 0.6 is 0 Å². The van der Waals surface area contributed by atoms with Gasteiger partial charge >= 0.3 is 5.97 Å². The highest BCUT2D eigenvalue weighted by molar-refractivity contribution is 7.93. The van der Waals surface area contributed by atoms with Crippen molar-refractivity contribution in [1.82, 2.24) is 4.72 Å². The van der Waals surface area contributed by atoms with Crippen LogP contribution in [0.1, 0.15) is 11.5 Å². The zero-order chi connectivity index (χ0) is 16.1. The van der Waals surface area contributed by atoms with E-state index in [-0.39, 0.29) is 6.54 Å². The lowest BCUT2D eigenvalue weighted by atomic mass is 10.00. The molecule has 0 saturated carbocycles. The minimum absolute atomic E-state index is 0.328. The van der Waals surface area contributed by atoms with Gasteiger partial charge in [0.15, 0.2) is 0 Å². The van der Waals surface area contributed by atoms with E-state index in [1.165, 1.54) is 0 Å². The number of carboxylic acid groups (broad SMARTS) is 1. The average Bonchev–Trinajstić information content (AvgIpc) is 2.37. The first-order chi connectivity index (χ1) is 9.61. The van der Waals surface area contributed by atoms with Crippen LogP contribution < -0.4 is 4.72 Å². The molecule has 21 heavy (non-hydrogen) atoms. The fourth-order valence-electron chi connectivity index (χ4n) is 1.58. The van der Waals surface area contributed by atoms with Gasteiger partial charge in [0.05, 0.1) is 17.4 Å². The Kier molecular flexibility index (Phi) is 5.87. The molecule has 1 atom stereocenters. The van der Waals surface area contributed by atoms with Gasteiger partial charge in [-0.3, -0.25) is 4.79 Å². The smallest absolute Gasteiger partial charge is 0.312 e.